The molecule has 18 heavy (non-hydrogen) atoms. The van der Waals surface area contributed by atoms with Gasteiger partial charge in [0.15, 0.2) is 0 Å². The summed E-state index contributed by atoms with van der Waals surface area (Å²) in [5.41, 5.74) is 7.03. The van der Waals surface area contributed by atoms with Gasteiger partial charge < -0.3 is 15.9 Å². The third-order valence-electron chi connectivity index (χ3n) is 4.43. The van der Waals surface area contributed by atoms with Crippen molar-refractivity contribution in [3.63, 3.8) is 0 Å². The van der Waals surface area contributed by atoms with Gasteiger partial charge in [-0.1, -0.05) is 31.4 Å². The lowest BCUT2D eigenvalue weighted by atomic mass is 9.64. The number of phenols is 1. The highest BCUT2D eigenvalue weighted by molar-refractivity contribution is 5.30. The molecule has 0 spiro atoms. The first-order valence-electron chi connectivity index (χ1n) is 6.82. The van der Waals surface area contributed by atoms with Gasteiger partial charge in [-0.2, -0.15) is 0 Å². The van der Waals surface area contributed by atoms with Crippen molar-refractivity contribution < 1.29 is 10.2 Å². The van der Waals surface area contributed by atoms with Gasteiger partial charge in [0.25, 0.3) is 0 Å². The minimum atomic E-state index is -0.0655. The molecule has 0 aromatic heterocycles. The molecule has 0 bridgehead atoms. The molecule has 1 atom stereocenters. The standard InChI is InChI=1S/C15H23NO2/c16-10-14(12-4-6-13(18)7-5-12)15(11-17)8-2-1-3-9-15/h4-7,14,17-18H,1-3,8-11,16H2. The molecule has 1 aromatic rings. The highest BCUT2D eigenvalue weighted by Gasteiger charge is 2.39. The van der Waals surface area contributed by atoms with Crippen LogP contribution in [0.4, 0.5) is 0 Å². The summed E-state index contributed by atoms with van der Waals surface area (Å²) in [4.78, 5) is 0. The third kappa shape index (κ3) is 2.52. The van der Waals surface area contributed by atoms with E-state index in [0.717, 1.165) is 18.4 Å². The van der Waals surface area contributed by atoms with Crippen LogP contribution in [0.25, 0.3) is 0 Å². The summed E-state index contributed by atoms with van der Waals surface area (Å²) in [6, 6.07) is 7.26. The molecule has 1 aromatic carbocycles. The second kappa shape index (κ2) is 5.72. The van der Waals surface area contributed by atoms with Crippen LogP contribution in [0.5, 0.6) is 5.75 Å². The van der Waals surface area contributed by atoms with Crippen molar-refractivity contribution in [1.82, 2.24) is 0 Å². The molecule has 4 N–H and O–H groups in total. The molecule has 0 saturated heterocycles. The van der Waals surface area contributed by atoms with Crippen molar-refractivity contribution in [3.05, 3.63) is 29.8 Å². The summed E-state index contributed by atoms with van der Waals surface area (Å²) in [5, 5.41) is 19.2. The molecule has 3 nitrogen and oxygen atoms in total. The molecule has 2 rings (SSSR count). The number of benzene rings is 1. The van der Waals surface area contributed by atoms with E-state index in [1.807, 2.05) is 12.1 Å². The average Bonchev–Trinajstić information content (AvgIpc) is 2.43. The molecule has 1 fully saturated rings. The maximum Gasteiger partial charge on any atom is 0.115 e. The molecule has 1 unspecified atom stereocenters. The minimum absolute atomic E-state index is 0.0655. The highest BCUT2D eigenvalue weighted by atomic mass is 16.3. The van der Waals surface area contributed by atoms with Crippen LogP contribution in [-0.2, 0) is 0 Å². The van der Waals surface area contributed by atoms with E-state index in [1.54, 1.807) is 12.1 Å². The Bertz CT molecular complexity index is 369. The summed E-state index contributed by atoms with van der Waals surface area (Å²) in [6.45, 7) is 0.751. The average molecular weight is 249 g/mol. The lowest BCUT2D eigenvalue weighted by Crippen LogP contribution is -2.38. The highest BCUT2D eigenvalue weighted by Crippen LogP contribution is 2.46. The Balaban J connectivity index is 2.27. The number of rotatable bonds is 4. The summed E-state index contributed by atoms with van der Waals surface area (Å²) < 4.78 is 0. The number of phenolic OH excluding ortho intramolecular Hbond substituents is 1. The number of aromatic hydroxyl groups is 1. The molecule has 0 amide bonds. The van der Waals surface area contributed by atoms with Crippen LogP contribution in [0, 0.1) is 5.41 Å². The molecule has 1 saturated carbocycles. The van der Waals surface area contributed by atoms with Crippen molar-refractivity contribution >= 4 is 0 Å². The first-order valence-corrected chi connectivity index (χ1v) is 6.82. The van der Waals surface area contributed by atoms with E-state index >= 15 is 0 Å². The number of aliphatic hydroxyl groups is 1. The summed E-state index contributed by atoms with van der Waals surface area (Å²) >= 11 is 0. The predicted molar refractivity (Wildman–Crippen MR) is 72.5 cm³/mol. The van der Waals surface area contributed by atoms with E-state index < -0.39 is 0 Å². The van der Waals surface area contributed by atoms with E-state index in [1.165, 1.54) is 19.3 Å². The zero-order chi connectivity index (χ0) is 13.0. The van der Waals surface area contributed by atoms with Crippen molar-refractivity contribution in [2.75, 3.05) is 13.2 Å². The van der Waals surface area contributed by atoms with Crippen LogP contribution in [0.2, 0.25) is 0 Å². The lowest BCUT2D eigenvalue weighted by Gasteiger charge is -2.42. The monoisotopic (exact) mass is 249 g/mol. The van der Waals surface area contributed by atoms with Crippen molar-refractivity contribution in [3.8, 4) is 5.75 Å². The molecular weight excluding hydrogens is 226 g/mol. The van der Waals surface area contributed by atoms with Gasteiger partial charge in [-0.25, -0.2) is 0 Å². The van der Waals surface area contributed by atoms with Crippen LogP contribution in [0.15, 0.2) is 24.3 Å². The molecule has 1 aliphatic carbocycles. The number of nitrogens with two attached hydrogens (primary N) is 1. The summed E-state index contributed by atoms with van der Waals surface area (Å²) in [6.07, 6.45) is 5.71. The van der Waals surface area contributed by atoms with E-state index in [0.29, 0.717) is 6.54 Å². The molecule has 3 heteroatoms. The largest absolute Gasteiger partial charge is 0.508 e. The van der Waals surface area contributed by atoms with Crippen LogP contribution in [0.3, 0.4) is 0 Å². The molecule has 1 aliphatic rings. The second-order valence-electron chi connectivity index (χ2n) is 5.46. The Labute approximate surface area is 109 Å². The van der Waals surface area contributed by atoms with Crippen LogP contribution < -0.4 is 5.73 Å². The fourth-order valence-corrected chi connectivity index (χ4v) is 3.32. The van der Waals surface area contributed by atoms with Gasteiger partial charge in [0, 0.05) is 17.9 Å². The fraction of sp³-hybridized carbons (Fsp3) is 0.600. The van der Waals surface area contributed by atoms with E-state index in [-0.39, 0.29) is 23.7 Å². The minimum Gasteiger partial charge on any atom is -0.508 e. The van der Waals surface area contributed by atoms with Gasteiger partial charge in [0.1, 0.15) is 5.75 Å². The zero-order valence-electron chi connectivity index (χ0n) is 10.8. The van der Waals surface area contributed by atoms with Gasteiger partial charge in [-0.3, -0.25) is 0 Å². The molecule has 100 valence electrons. The first kappa shape index (κ1) is 13.4. The van der Waals surface area contributed by atoms with E-state index in [4.69, 9.17) is 5.73 Å². The van der Waals surface area contributed by atoms with Gasteiger partial charge in [0.05, 0.1) is 0 Å². The number of hydrogen-bond acceptors (Lipinski definition) is 3. The van der Waals surface area contributed by atoms with Gasteiger partial charge in [-0.15, -0.1) is 0 Å². The van der Waals surface area contributed by atoms with Crippen LogP contribution >= 0.6 is 0 Å². The second-order valence-corrected chi connectivity index (χ2v) is 5.46. The van der Waals surface area contributed by atoms with Crippen LogP contribution in [-0.4, -0.2) is 23.4 Å². The number of hydrogen-bond donors (Lipinski definition) is 3. The van der Waals surface area contributed by atoms with E-state index in [2.05, 4.69) is 0 Å². The maximum atomic E-state index is 9.85. The fourth-order valence-electron chi connectivity index (χ4n) is 3.32. The van der Waals surface area contributed by atoms with Crippen LogP contribution in [0.1, 0.15) is 43.6 Å². The van der Waals surface area contributed by atoms with Crippen molar-refractivity contribution in [2.45, 2.75) is 38.0 Å². The number of aliphatic hydroxyl groups excluding tert-OH is 1. The first-order chi connectivity index (χ1) is 8.72. The summed E-state index contributed by atoms with van der Waals surface area (Å²) in [5.74, 6) is 0.458. The Hall–Kier alpha value is -1.06. The van der Waals surface area contributed by atoms with Crippen molar-refractivity contribution in [2.24, 2.45) is 11.1 Å². The Kier molecular flexibility index (Phi) is 4.25. The van der Waals surface area contributed by atoms with Crippen molar-refractivity contribution in [1.29, 1.82) is 0 Å². The Morgan fingerprint density at radius 1 is 1.11 bits per heavy atom. The lowest BCUT2D eigenvalue weighted by molar-refractivity contribution is 0.0564. The van der Waals surface area contributed by atoms with Gasteiger partial charge in [-0.05, 0) is 37.1 Å². The molecule has 0 heterocycles. The SMILES string of the molecule is NCC(c1ccc(O)cc1)C1(CO)CCCCC1. The molecular formula is C15H23NO2. The van der Waals surface area contributed by atoms with Gasteiger partial charge >= 0.3 is 0 Å². The molecule has 0 radical (unpaired) electrons. The molecule has 0 aliphatic heterocycles. The Morgan fingerprint density at radius 3 is 2.22 bits per heavy atom. The summed E-state index contributed by atoms with van der Waals surface area (Å²) in [7, 11) is 0. The van der Waals surface area contributed by atoms with E-state index in [9.17, 15) is 10.2 Å². The van der Waals surface area contributed by atoms with Gasteiger partial charge in [0.2, 0.25) is 0 Å². The zero-order valence-corrected chi connectivity index (χ0v) is 10.8. The predicted octanol–water partition coefficient (Wildman–Crippen LogP) is 2.38. The third-order valence-corrected chi connectivity index (χ3v) is 4.43. The quantitative estimate of drug-likeness (QED) is 0.767. The Morgan fingerprint density at radius 2 is 1.72 bits per heavy atom. The smallest absolute Gasteiger partial charge is 0.115 e. The topological polar surface area (TPSA) is 66.5 Å². The normalized spacial score (nSPS) is 20.6. The maximum absolute atomic E-state index is 9.85.